The summed E-state index contributed by atoms with van der Waals surface area (Å²) in [7, 11) is 2.14. The van der Waals surface area contributed by atoms with Crippen molar-refractivity contribution in [3.05, 3.63) is 0 Å². The van der Waals surface area contributed by atoms with Gasteiger partial charge in [-0.15, -0.1) is 0 Å². The molecule has 0 bridgehead atoms. The summed E-state index contributed by atoms with van der Waals surface area (Å²) in [5.74, 6) is 1.46. The summed E-state index contributed by atoms with van der Waals surface area (Å²) in [6, 6.07) is 0.478. The summed E-state index contributed by atoms with van der Waals surface area (Å²) in [5.41, 5.74) is 5.67. The maximum absolute atomic E-state index is 5.91. The van der Waals surface area contributed by atoms with Gasteiger partial charge in [0.15, 0.2) is 0 Å². The first-order chi connectivity index (χ1) is 9.99. The minimum atomic E-state index is 0.478. The number of rotatable bonds is 4. The zero-order valence-corrected chi connectivity index (χ0v) is 14.8. The lowest BCUT2D eigenvalue weighted by molar-refractivity contribution is 0.00311. The quantitative estimate of drug-likeness (QED) is 0.860. The second-order valence-electron chi connectivity index (χ2n) is 7.46. The Kier molecular flexibility index (Phi) is 9.54. The molecule has 1 saturated carbocycles. The standard InChI is InChI=1S/C12H24O.C6H14N2/c1-10(2)11(3)9-13-12-7-5-4-6-8-12;1-8-4-2-6(7)3-5-8/h10-12H,4-9H2,1-3H3;6H,2-5,7H2,1H3. The third-order valence-corrected chi connectivity index (χ3v) is 5.05. The number of nitrogens with two attached hydrogens (primary N) is 1. The number of ether oxygens (including phenoxy) is 1. The summed E-state index contributed by atoms with van der Waals surface area (Å²) < 4.78 is 5.91. The van der Waals surface area contributed by atoms with Crippen LogP contribution in [0.1, 0.15) is 65.7 Å². The van der Waals surface area contributed by atoms with Crippen LogP contribution in [-0.4, -0.2) is 43.8 Å². The fourth-order valence-corrected chi connectivity index (χ4v) is 2.74. The van der Waals surface area contributed by atoms with E-state index in [1.54, 1.807) is 0 Å². The molecule has 0 aromatic carbocycles. The Balaban J connectivity index is 0.000000235. The van der Waals surface area contributed by atoms with Crippen LogP contribution in [-0.2, 0) is 4.74 Å². The normalized spacial score (nSPS) is 23.7. The van der Waals surface area contributed by atoms with Crippen molar-refractivity contribution in [3.63, 3.8) is 0 Å². The highest BCUT2D eigenvalue weighted by Gasteiger charge is 2.15. The first kappa shape index (κ1) is 18.9. The molecule has 0 spiro atoms. The van der Waals surface area contributed by atoms with Crippen LogP contribution in [0.25, 0.3) is 0 Å². The molecular weight excluding hydrogens is 260 g/mol. The van der Waals surface area contributed by atoms with Crippen LogP contribution in [0.3, 0.4) is 0 Å². The predicted octanol–water partition coefficient (Wildman–Crippen LogP) is 3.67. The molecule has 0 aromatic heterocycles. The minimum absolute atomic E-state index is 0.478. The van der Waals surface area contributed by atoms with Crippen molar-refractivity contribution >= 4 is 0 Å². The molecule has 2 aliphatic rings. The molecule has 0 aromatic rings. The Morgan fingerprint density at radius 3 is 2.05 bits per heavy atom. The van der Waals surface area contributed by atoms with E-state index >= 15 is 0 Å². The van der Waals surface area contributed by atoms with Crippen molar-refractivity contribution in [3.8, 4) is 0 Å². The third-order valence-electron chi connectivity index (χ3n) is 5.05. The molecule has 2 fully saturated rings. The maximum atomic E-state index is 5.91. The highest BCUT2D eigenvalue weighted by Crippen LogP contribution is 2.21. The van der Waals surface area contributed by atoms with E-state index in [0.29, 0.717) is 18.1 Å². The van der Waals surface area contributed by atoms with E-state index in [4.69, 9.17) is 10.5 Å². The highest BCUT2D eigenvalue weighted by molar-refractivity contribution is 4.71. The molecule has 1 atom stereocenters. The van der Waals surface area contributed by atoms with Gasteiger partial charge in [-0.25, -0.2) is 0 Å². The van der Waals surface area contributed by atoms with Crippen molar-refractivity contribution < 1.29 is 4.74 Å². The first-order valence-corrected chi connectivity index (χ1v) is 9.04. The number of hydrogen-bond donors (Lipinski definition) is 1. The van der Waals surface area contributed by atoms with E-state index < -0.39 is 0 Å². The average Bonchev–Trinajstić information content (AvgIpc) is 2.49. The zero-order chi connectivity index (χ0) is 15.7. The van der Waals surface area contributed by atoms with Crippen molar-refractivity contribution in [1.29, 1.82) is 0 Å². The van der Waals surface area contributed by atoms with Gasteiger partial charge in [-0.1, -0.05) is 40.0 Å². The summed E-state index contributed by atoms with van der Waals surface area (Å²) in [6.07, 6.45) is 9.69. The fourth-order valence-electron chi connectivity index (χ4n) is 2.74. The largest absolute Gasteiger partial charge is 0.378 e. The molecule has 126 valence electrons. The Morgan fingerprint density at radius 1 is 1.00 bits per heavy atom. The maximum Gasteiger partial charge on any atom is 0.0575 e. The molecule has 1 aliphatic heterocycles. The number of nitrogens with zero attached hydrogens (tertiary/aromatic N) is 1. The summed E-state index contributed by atoms with van der Waals surface area (Å²) >= 11 is 0. The van der Waals surface area contributed by atoms with Gasteiger partial charge in [-0.2, -0.15) is 0 Å². The van der Waals surface area contributed by atoms with Crippen molar-refractivity contribution in [2.75, 3.05) is 26.7 Å². The molecule has 1 saturated heterocycles. The van der Waals surface area contributed by atoms with E-state index in [-0.39, 0.29) is 0 Å². The van der Waals surface area contributed by atoms with Crippen LogP contribution in [0.5, 0.6) is 0 Å². The molecule has 1 heterocycles. The van der Waals surface area contributed by atoms with Crippen molar-refractivity contribution in [2.24, 2.45) is 17.6 Å². The molecule has 0 amide bonds. The van der Waals surface area contributed by atoms with E-state index in [1.807, 2.05) is 0 Å². The Bertz CT molecular complexity index is 234. The topological polar surface area (TPSA) is 38.5 Å². The Morgan fingerprint density at radius 2 is 1.57 bits per heavy atom. The molecule has 3 heteroatoms. The van der Waals surface area contributed by atoms with Gasteiger partial charge in [0.25, 0.3) is 0 Å². The minimum Gasteiger partial charge on any atom is -0.378 e. The molecule has 2 N–H and O–H groups in total. The van der Waals surface area contributed by atoms with Gasteiger partial charge < -0.3 is 15.4 Å². The summed E-state index contributed by atoms with van der Waals surface area (Å²) in [5, 5.41) is 0. The van der Waals surface area contributed by atoms with E-state index in [0.717, 1.165) is 12.5 Å². The molecular formula is C18H38N2O. The third kappa shape index (κ3) is 8.80. The first-order valence-electron chi connectivity index (χ1n) is 9.04. The second kappa shape index (κ2) is 10.6. The van der Waals surface area contributed by atoms with Gasteiger partial charge >= 0.3 is 0 Å². The molecule has 2 rings (SSSR count). The van der Waals surface area contributed by atoms with Crippen LogP contribution in [0.15, 0.2) is 0 Å². The van der Waals surface area contributed by atoms with Gasteiger partial charge in [0.05, 0.1) is 6.10 Å². The van der Waals surface area contributed by atoms with E-state index in [9.17, 15) is 0 Å². The summed E-state index contributed by atoms with van der Waals surface area (Å²) in [4.78, 5) is 2.32. The van der Waals surface area contributed by atoms with Gasteiger partial charge in [0, 0.05) is 12.6 Å². The lowest BCUT2D eigenvalue weighted by atomic mass is 9.96. The van der Waals surface area contributed by atoms with Crippen LogP contribution in [0.2, 0.25) is 0 Å². The fraction of sp³-hybridized carbons (Fsp3) is 1.00. The van der Waals surface area contributed by atoms with E-state index in [1.165, 1.54) is 58.0 Å². The monoisotopic (exact) mass is 298 g/mol. The molecule has 21 heavy (non-hydrogen) atoms. The zero-order valence-electron chi connectivity index (χ0n) is 14.8. The number of likely N-dealkylation sites (tertiary alicyclic amines) is 1. The van der Waals surface area contributed by atoms with Crippen molar-refractivity contribution in [1.82, 2.24) is 4.90 Å². The Labute approximate surface area is 132 Å². The molecule has 1 aliphatic carbocycles. The van der Waals surface area contributed by atoms with Gasteiger partial charge in [-0.05, 0) is 57.7 Å². The molecule has 1 unspecified atom stereocenters. The number of piperidine rings is 1. The number of hydrogen-bond acceptors (Lipinski definition) is 3. The average molecular weight is 299 g/mol. The molecule has 0 radical (unpaired) electrons. The van der Waals surface area contributed by atoms with Gasteiger partial charge in [0.1, 0.15) is 0 Å². The van der Waals surface area contributed by atoms with Crippen LogP contribution < -0.4 is 5.73 Å². The predicted molar refractivity (Wildman–Crippen MR) is 91.5 cm³/mol. The lowest BCUT2D eigenvalue weighted by Crippen LogP contribution is -2.37. The summed E-state index contributed by atoms with van der Waals surface area (Å²) in [6.45, 7) is 10.2. The van der Waals surface area contributed by atoms with Gasteiger partial charge in [0.2, 0.25) is 0 Å². The van der Waals surface area contributed by atoms with Crippen LogP contribution in [0.4, 0.5) is 0 Å². The van der Waals surface area contributed by atoms with E-state index in [2.05, 4.69) is 32.7 Å². The van der Waals surface area contributed by atoms with Crippen LogP contribution in [0, 0.1) is 11.8 Å². The Hall–Kier alpha value is -0.120. The molecule has 3 nitrogen and oxygen atoms in total. The van der Waals surface area contributed by atoms with Crippen molar-refractivity contribution in [2.45, 2.75) is 77.9 Å². The SMILES string of the molecule is CC(C)C(C)COC1CCCCC1.CN1CCC(N)CC1. The lowest BCUT2D eigenvalue weighted by Gasteiger charge is -2.25. The smallest absolute Gasteiger partial charge is 0.0575 e. The highest BCUT2D eigenvalue weighted by atomic mass is 16.5. The van der Waals surface area contributed by atoms with Gasteiger partial charge in [-0.3, -0.25) is 0 Å². The second-order valence-corrected chi connectivity index (χ2v) is 7.46. The van der Waals surface area contributed by atoms with Crippen LogP contribution >= 0.6 is 0 Å².